The van der Waals surface area contributed by atoms with Crippen molar-refractivity contribution in [1.29, 1.82) is 0 Å². The van der Waals surface area contributed by atoms with Crippen molar-refractivity contribution in [2.24, 2.45) is 5.41 Å². The van der Waals surface area contributed by atoms with Gasteiger partial charge in [-0.1, -0.05) is 37.3 Å². The molecule has 0 spiro atoms. The SMILES string of the molecule is CC1(CN[C@H](CO)c2ccccc2)COC1. The fourth-order valence-electron chi connectivity index (χ4n) is 1.90. The molecule has 1 aliphatic rings. The highest BCUT2D eigenvalue weighted by Gasteiger charge is 2.33. The third-order valence-electron chi connectivity index (χ3n) is 3.06. The molecular weight excluding hydrogens is 202 g/mol. The molecule has 3 heteroatoms. The summed E-state index contributed by atoms with van der Waals surface area (Å²) in [5.41, 5.74) is 1.37. The van der Waals surface area contributed by atoms with Crippen LogP contribution in [0, 0.1) is 5.41 Å². The minimum atomic E-state index is 0.0265. The summed E-state index contributed by atoms with van der Waals surface area (Å²) in [5, 5.41) is 12.8. The van der Waals surface area contributed by atoms with Crippen molar-refractivity contribution in [3.05, 3.63) is 35.9 Å². The van der Waals surface area contributed by atoms with E-state index >= 15 is 0 Å². The predicted octanol–water partition coefficient (Wildman–Crippen LogP) is 1.35. The molecule has 16 heavy (non-hydrogen) atoms. The molecule has 1 aliphatic heterocycles. The third kappa shape index (κ3) is 2.61. The van der Waals surface area contributed by atoms with Crippen LogP contribution in [0.4, 0.5) is 0 Å². The van der Waals surface area contributed by atoms with E-state index in [4.69, 9.17) is 4.74 Å². The highest BCUT2D eigenvalue weighted by atomic mass is 16.5. The fourth-order valence-corrected chi connectivity index (χ4v) is 1.90. The smallest absolute Gasteiger partial charge is 0.0626 e. The molecule has 2 rings (SSSR count). The first-order valence-electron chi connectivity index (χ1n) is 5.70. The Balaban J connectivity index is 1.91. The van der Waals surface area contributed by atoms with Gasteiger partial charge in [-0.3, -0.25) is 0 Å². The van der Waals surface area contributed by atoms with Crippen molar-refractivity contribution in [3.8, 4) is 0 Å². The minimum absolute atomic E-state index is 0.0265. The van der Waals surface area contributed by atoms with Crippen molar-refractivity contribution in [2.75, 3.05) is 26.4 Å². The maximum atomic E-state index is 9.37. The van der Waals surface area contributed by atoms with Gasteiger partial charge in [-0.05, 0) is 5.56 Å². The Morgan fingerprint density at radius 2 is 2.06 bits per heavy atom. The fraction of sp³-hybridized carbons (Fsp3) is 0.538. The van der Waals surface area contributed by atoms with E-state index in [0.717, 1.165) is 25.3 Å². The van der Waals surface area contributed by atoms with Gasteiger partial charge < -0.3 is 15.2 Å². The zero-order chi connectivity index (χ0) is 11.4. The van der Waals surface area contributed by atoms with E-state index in [9.17, 15) is 5.11 Å². The molecule has 0 aliphatic carbocycles. The van der Waals surface area contributed by atoms with Crippen LogP contribution in [0.15, 0.2) is 30.3 Å². The van der Waals surface area contributed by atoms with Crippen molar-refractivity contribution in [2.45, 2.75) is 13.0 Å². The second-order valence-corrected chi connectivity index (χ2v) is 4.83. The third-order valence-corrected chi connectivity index (χ3v) is 3.06. The molecule has 2 N–H and O–H groups in total. The van der Waals surface area contributed by atoms with Gasteiger partial charge in [-0.15, -0.1) is 0 Å². The number of aliphatic hydroxyl groups excluding tert-OH is 1. The Hall–Kier alpha value is -0.900. The van der Waals surface area contributed by atoms with Crippen LogP contribution < -0.4 is 5.32 Å². The molecule has 1 aromatic rings. The first kappa shape index (κ1) is 11.6. The maximum absolute atomic E-state index is 9.37. The van der Waals surface area contributed by atoms with Crippen molar-refractivity contribution >= 4 is 0 Å². The summed E-state index contributed by atoms with van der Waals surface area (Å²) in [6.45, 7) is 4.83. The van der Waals surface area contributed by atoms with E-state index in [1.54, 1.807) is 0 Å². The summed E-state index contributed by atoms with van der Waals surface area (Å²) < 4.78 is 5.21. The van der Waals surface area contributed by atoms with E-state index in [1.807, 2.05) is 30.3 Å². The number of hydrogen-bond donors (Lipinski definition) is 2. The van der Waals surface area contributed by atoms with Gasteiger partial charge in [-0.2, -0.15) is 0 Å². The van der Waals surface area contributed by atoms with Crippen molar-refractivity contribution in [1.82, 2.24) is 5.32 Å². The van der Waals surface area contributed by atoms with Crippen LogP contribution >= 0.6 is 0 Å². The van der Waals surface area contributed by atoms with E-state index in [0.29, 0.717) is 0 Å². The van der Waals surface area contributed by atoms with E-state index in [1.165, 1.54) is 0 Å². The quantitative estimate of drug-likeness (QED) is 0.788. The Morgan fingerprint density at radius 1 is 1.38 bits per heavy atom. The number of aliphatic hydroxyl groups is 1. The van der Waals surface area contributed by atoms with E-state index < -0.39 is 0 Å². The van der Waals surface area contributed by atoms with Crippen molar-refractivity contribution < 1.29 is 9.84 Å². The molecule has 1 heterocycles. The molecular formula is C13H19NO2. The van der Waals surface area contributed by atoms with Gasteiger partial charge in [0.15, 0.2) is 0 Å². The summed E-state index contributed by atoms with van der Waals surface area (Å²) in [4.78, 5) is 0. The molecule has 3 nitrogen and oxygen atoms in total. The minimum Gasteiger partial charge on any atom is -0.394 e. The van der Waals surface area contributed by atoms with Gasteiger partial charge in [0.25, 0.3) is 0 Å². The highest BCUT2D eigenvalue weighted by Crippen LogP contribution is 2.26. The largest absolute Gasteiger partial charge is 0.394 e. The molecule has 0 unspecified atom stereocenters. The molecule has 1 fully saturated rings. The van der Waals surface area contributed by atoms with Gasteiger partial charge in [0.2, 0.25) is 0 Å². The molecule has 1 saturated heterocycles. The summed E-state index contributed by atoms with van der Waals surface area (Å²) in [6.07, 6.45) is 0. The lowest BCUT2D eigenvalue weighted by Gasteiger charge is -2.39. The lowest BCUT2D eigenvalue weighted by Crippen LogP contribution is -2.48. The van der Waals surface area contributed by atoms with Crippen LogP contribution in [-0.4, -0.2) is 31.5 Å². The van der Waals surface area contributed by atoms with Crippen LogP contribution in [0.3, 0.4) is 0 Å². The monoisotopic (exact) mass is 221 g/mol. The summed E-state index contributed by atoms with van der Waals surface area (Å²) in [6, 6.07) is 10.1. The van der Waals surface area contributed by atoms with Crippen LogP contribution in [0.5, 0.6) is 0 Å². The normalized spacial score (nSPS) is 20.1. The zero-order valence-corrected chi connectivity index (χ0v) is 9.65. The second-order valence-electron chi connectivity index (χ2n) is 4.83. The van der Waals surface area contributed by atoms with Crippen LogP contribution in [-0.2, 0) is 4.74 Å². The number of hydrogen-bond acceptors (Lipinski definition) is 3. The van der Waals surface area contributed by atoms with Gasteiger partial charge in [0, 0.05) is 12.0 Å². The number of rotatable bonds is 5. The van der Waals surface area contributed by atoms with E-state index in [2.05, 4.69) is 12.2 Å². The maximum Gasteiger partial charge on any atom is 0.0626 e. The Labute approximate surface area is 96.4 Å². The Morgan fingerprint density at radius 3 is 2.56 bits per heavy atom. The van der Waals surface area contributed by atoms with Gasteiger partial charge in [0.1, 0.15) is 0 Å². The molecule has 1 atom stereocenters. The van der Waals surface area contributed by atoms with Gasteiger partial charge in [0.05, 0.1) is 25.9 Å². The standard InChI is InChI=1S/C13H19NO2/c1-13(9-16-10-13)8-14-12(7-15)11-5-3-2-4-6-11/h2-6,12,14-15H,7-10H2,1H3/t12-/m1/s1. The first-order valence-corrected chi connectivity index (χ1v) is 5.70. The van der Waals surface area contributed by atoms with Gasteiger partial charge >= 0.3 is 0 Å². The lowest BCUT2D eigenvalue weighted by molar-refractivity contribution is -0.100. The van der Waals surface area contributed by atoms with E-state index in [-0.39, 0.29) is 18.1 Å². The number of benzene rings is 1. The van der Waals surface area contributed by atoms with Crippen LogP contribution in [0.25, 0.3) is 0 Å². The second kappa shape index (κ2) is 4.95. The highest BCUT2D eigenvalue weighted by molar-refractivity contribution is 5.18. The zero-order valence-electron chi connectivity index (χ0n) is 9.65. The average Bonchev–Trinajstić information content (AvgIpc) is 2.29. The first-order chi connectivity index (χ1) is 7.73. The Bertz CT molecular complexity index is 322. The summed E-state index contributed by atoms with van der Waals surface area (Å²) in [5.74, 6) is 0. The lowest BCUT2D eigenvalue weighted by atomic mass is 9.88. The molecule has 88 valence electrons. The molecule has 0 saturated carbocycles. The number of ether oxygens (including phenoxy) is 1. The van der Waals surface area contributed by atoms with Crippen LogP contribution in [0.2, 0.25) is 0 Å². The summed E-state index contributed by atoms with van der Waals surface area (Å²) >= 11 is 0. The molecule has 1 aromatic carbocycles. The van der Waals surface area contributed by atoms with Crippen molar-refractivity contribution in [3.63, 3.8) is 0 Å². The molecule has 0 aromatic heterocycles. The molecule has 0 amide bonds. The topological polar surface area (TPSA) is 41.5 Å². The predicted molar refractivity (Wildman–Crippen MR) is 63.2 cm³/mol. The Kier molecular flexibility index (Phi) is 3.59. The summed E-state index contributed by atoms with van der Waals surface area (Å²) in [7, 11) is 0. The molecule has 0 bridgehead atoms. The number of nitrogens with one attached hydrogen (secondary N) is 1. The average molecular weight is 221 g/mol. The molecule has 0 radical (unpaired) electrons. The van der Waals surface area contributed by atoms with Crippen LogP contribution in [0.1, 0.15) is 18.5 Å². The van der Waals surface area contributed by atoms with Gasteiger partial charge in [-0.25, -0.2) is 0 Å².